The third kappa shape index (κ3) is 2.01. The van der Waals surface area contributed by atoms with Crippen molar-refractivity contribution in [1.82, 2.24) is 9.38 Å². The second-order valence-electron chi connectivity index (χ2n) is 3.84. The van der Waals surface area contributed by atoms with Gasteiger partial charge in [0.25, 0.3) is 0 Å². The number of aryl methyl sites for hydroxylation is 1. The smallest absolute Gasteiger partial charge is 0.140 e. The predicted octanol–water partition coefficient (Wildman–Crippen LogP) is 4.79. The van der Waals surface area contributed by atoms with Crippen molar-refractivity contribution < 1.29 is 0 Å². The summed E-state index contributed by atoms with van der Waals surface area (Å²) in [4.78, 5) is 4.63. The zero-order valence-electron chi connectivity index (χ0n) is 8.95. The Morgan fingerprint density at radius 1 is 1.35 bits per heavy atom. The summed E-state index contributed by atoms with van der Waals surface area (Å²) in [7, 11) is 0. The van der Waals surface area contributed by atoms with Gasteiger partial charge in [0.2, 0.25) is 0 Å². The summed E-state index contributed by atoms with van der Waals surface area (Å²) in [6.07, 6.45) is 4.03. The first-order chi connectivity index (χ1) is 8.13. The molecule has 2 nitrogen and oxygen atoms in total. The molecule has 0 unspecified atom stereocenters. The second kappa shape index (κ2) is 4.12. The van der Waals surface area contributed by atoms with Crippen LogP contribution in [0.1, 0.15) is 5.56 Å². The largest absolute Gasteiger partial charge is 0.305 e. The first kappa shape index (κ1) is 11.3. The van der Waals surface area contributed by atoms with Crippen LogP contribution in [0.4, 0.5) is 0 Å². The van der Waals surface area contributed by atoms with Crippen LogP contribution in [0.2, 0.25) is 4.34 Å². The van der Waals surface area contributed by atoms with Crippen molar-refractivity contribution >= 4 is 44.5 Å². The highest BCUT2D eigenvalue weighted by atomic mass is 79.9. The summed E-state index contributed by atoms with van der Waals surface area (Å²) >= 11 is 11.0. The lowest BCUT2D eigenvalue weighted by molar-refractivity contribution is 1.15. The maximum Gasteiger partial charge on any atom is 0.140 e. The molecule has 3 aromatic rings. The van der Waals surface area contributed by atoms with Crippen molar-refractivity contribution in [3.05, 3.63) is 44.3 Å². The minimum absolute atomic E-state index is 0.787. The molecule has 17 heavy (non-hydrogen) atoms. The Morgan fingerprint density at radius 3 is 2.88 bits per heavy atom. The third-order valence-corrected chi connectivity index (χ3v) is 4.09. The molecule has 0 saturated carbocycles. The standard InChI is InChI=1S/C12H8BrClN2S/c1-7-2-9(13)4-16-5-10(15-12(7)16)8-3-11(14)17-6-8/h2-6H,1H3. The molecular weight excluding hydrogens is 320 g/mol. The Hall–Kier alpha value is -0.840. The van der Waals surface area contributed by atoms with Crippen LogP contribution in [-0.4, -0.2) is 9.38 Å². The molecule has 0 spiro atoms. The van der Waals surface area contributed by atoms with Crippen molar-refractivity contribution in [2.24, 2.45) is 0 Å². The molecule has 86 valence electrons. The number of aromatic nitrogens is 2. The van der Waals surface area contributed by atoms with E-state index in [2.05, 4.69) is 33.9 Å². The Bertz CT molecular complexity index is 702. The summed E-state index contributed by atoms with van der Waals surface area (Å²) in [6, 6.07) is 4.01. The molecule has 0 bridgehead atoms. The van der Waals surface area contributed by atoms with Gasteiger partial charge in [-0.15, -0.1) is 11.3 Å². The molecule has 0 aliphatic carbocycles. The van der Waals surface area contributed by atoms with Crippen LogP contribution in [0.3, 0.4) is 0 Å². The summed E-state index contributed by atoms with van der Waals surface area (Å²) < 4.78 is 3.87. The lowest BCUT2D eigenvalue weighted by Gasteiger charge is -1.97. The fourth-order valence-electron chi connectivity index (χ4n) is 1.81. The van der Waals surface area contributed by atoms with Crippen LogP contribution in [0, 0.1) is 6.92 Å². The fourth-order valence-corrected chi connectivity index (χ4v) is 3.25. The number of fused-ring (bicyclic) bond motifs is 1. The number of hydrogen-bond acceptors (Lipinski definition) is 2. The Balaban J connectivity index is 2.23. The fraction of sp³-hybridized carbons (Fsp3) is 0.0833. The van der Waals surface area contributed by atoms with Gasteiger partial charge in [-0.3, -0.25) is 0 Å². The maximum atomic E-state index is 5.94. The van der Waals surface area contributed by atoms with E-state index in [1.807, 2.05) is 28.2 Å². The molecule has 0 radical (unpaired) electrons. The molecule has 5 heteroatoms. The molecule has 0 fully saturated rings. The van der Waals surface area contributed by atoms with Gasteiger partial charge in [-0.25, -0.2) is 4.98 Å². The van der Waals surface area contributed by atoms with Crippen LogP contribution in [0.5, 0.6) is 0 Å². The molecule has 0 atom stereocenters. The van der Waals surface area contributed by atoms with E-state index in [1.165, 1.54) is 11.3 Å². The second-order valence-corrected chi connectivity index (χ2v) is 6.30. The molecule has 3 aromatic heterocycles. The monoisotopic (exact) mass is 326 g/mol. The third-order valence-electron chi connectivity index (χ3n) is 2.57. The maximum absolute atomic E-state index is 5.94. The summed E-state index contributed by atoms with van der Waals surface area (Å²) in [5.41, 5.74) is 4.14. The van der Waals surface area contributed by atoms with Crippen LogP contribution in [0.25, 0.3) is 16.9 Å². The van der Waals surface area contributed by atoms with E-state index in [-0.39, 0.29) is 0 Å². The molecule has 0 N–H and O–H groups in total. The summed E-state index contributed by atoms with van der Waals surface area (Å²) in [5, 5.41) is 2.02. The molecule has 0 saturated heterocycles. The zero-order valence-corrected chi connectivity index (χ0v) is 12.1. The van der Waals surface area contributed by atoms with Gasteiger partial charge in [-0.2, -0.15) is 0 Å². The Morgan fingerprint density at radius 2 is 2.18 bits per heavy atom. The first-order valence-electron chi connectivity index (χ1n) is 5.03. The molecule has 3 heterocycles. The predicted molar refractivity (Wildman–Crippen MR) is 76.0 cm³/mol. The van der Waals surface area contributed by atoms with Crippen molar-refractivity contribution in [3.8, 4) is 11.3 Å². The number of imidazole rings is 1. The average molecular weight is 328 g/mol. The van der Waals surface area contributed by atoms with E-state index in [0.29, 0.717) is 0 Å². The Kier molecular flexibility index (Phi) is 2.73. The van der Waals surface area contributed by atoms with Gasteiger partial charge in [0.15, 0.2) is 0 Å². The highest BCUT2D eigenvalue weighted by Crippen LogP contribution is 2.29. The van der Waals surface area contributed by atoms with Gasteiger partial charge in [0, 0.05) is 27.8 Å². The topological polar surface area (TPSA) is 17.3 Å². The number of halogens is 2. The summed E-state index contributed by atoms with van der Waals surface area (Å²) in [6.45, 7) is 2.05. The highest BCUT2D eigenvalue weighted by molar-refractivity contribution is 9.10. The van der Waals surface area contributed by atoms with Crippen molar-refractivity contribution in [3.63, 3.8) is 0 Å². The van der Waals surface area contributed by atoms with Crippen LogP contribution >= 0.6 is 38.9 Å². The number of nitrogens with zero attached hydrogens (tertiary/aromatic N) is 2. The average Bonchev–Trinajstić information content (AvgIpc) is 2.83. The minimum Gasteiger partial charge on any atom is -0.305 e. The van der Waals surface area contributed by atoms with Gasteiger partial charge in [0.1, 0.15) is 5.65 Å². The SMILES string of the molecule is Cc1cc(Br)cn2cc(-c3csc(Cl)c3)nc12. The molecule has 0 aromatic carbocycles. The quantitative estimate of drug-likeness (QED) is 0.628. The van der Waals surface area contributed by atoms with E-state index < -0.39 is 0 Å². The van der Waals surface area contributed by atoms with Gasteiger partial charge in [0.05, 0.1) is 10.0 Å². The minimum atomic E-state index is 0.787. The van der Waals surface area contributed by atoms with E-state index in [0.717, 1.165) is 31.3 Å². The number of hydrogen-bond donors (Lipinski definition) is 0. The van der Waals surface area contributed by atoms with Gasteiger partial charge < -0.3 is 4.40 Å². The number of pyridine rings is 1. The molecular formula is C12H8BrClN2S. The van der Waals surface area contributed by atoms with E-state index in [9.17, 15) is 0 Å². The first-order valence-corrected chi connectivity index (χ1v) is 7.08. The number of rotatable bonds is 1. The van der Waals surface area contributed by atoms with Crippen molar-refractivity contribution in [2.45, 2.75) is 6.92 Å². The summed E-state index contributed by atoms with van der Waals surface area (Å²) in [5.74, 6) is 0. The van der Waals surface area contributed by atoms with E-state index >= 15 is 0 Å². The van der Waals surface area contributed by atoms with Crippen LogP contribution in [-0.2, 0) is 0 Å². The lowest BCUT2D eigenvalue weighted by Crippen LogP contribution is -1.86. The van der Waals surface area contributed by atoms with Crippen LogP contribution < -0.4 is 0 Å². The molecule has 0 aliphatic heterocycles. The molecule has 0 aliphatic rings. The number of thiophene rings is 1. The van der Waals surface area contributed by atoms with E-state index in [4.69, 9.17) is 11.6 Å². The molecule has 0 amide bonds. The van der Waals surface area contributed by atoms with Gasteiger partial charge in [-0.1, -0.05) is 11.6 Å². The van der Waals surface area contributed by atoms with Gasteiger partial charge in [-0.05, 0) is 40.5 Å². The Labute approximate surface area is 116 Å². The highest BCUT2D eigenvalue weighted by Gasteiger charge is 2.08. The lowest BCUT2D eigenvalue weighted by atomic mass is 10.3. The van der Waals surface area contributed by atoms with E-state index in [1.54, 1.807) is 0 Å². The zero-order chi connectivity index (χ0) is 12.0. The normalized spacial score (nSPS) is 11.2. The van der Waals surface area contributed by atoms with Gasteiger partial charge >= 0.3 is 0 Å². The molecule has 3 rings (SSSR count). The van der Waals surface area contributed by atoms with Crippen molar-refractivity contribution in [2.75, 3.05) is 0 Å². The van der Waals surface area contributed by atoms with Crippen molar-refractivity contribution in [1.29, 1.82) is 0 Å². The van der Waals surface area contributed by atoms with Crippen LogP contribution in [0.15, 0.2) is 34.4 Å².